The molecule has 9 heteroatoms. The SMILES string of the molecule is CCCc1nc2cc(Cl)c(Cl)cc2nc1S(=O)(=O)c1nc(C)cs1. The Labute approximate surface area is 153 Å². The lowest BCUT2D eigenvalue weighted by atomic mass is 10.2. The molecule has 2 aromatic heterocycles. The number of sulfone groups is 1. The van der Waals surface area contributed by atoms with Gasteiger partial charge in [0.05, 0.1) is 26.8 Å². The lowest BCUT2D eigenvalue weighted by Crippen LogP contribution is -2.10. The van der Waals surface area contributed by atoms with E-state index < -0.39 is 9.84 Å². The van der Waals surface area contributed by atoms with Crippen LogP contribution in [-0.4, -0.2) is 23.4 Å². The summed E-state index contributed by atoms with van der Waals surface area (Å²) in [7, 11) is -3.83. The quantitative estimate of drug-likeness (QED) is 0.643. The van der Waals surface area contributed by atoms with Crippen LogP contribution >= 0.6 is 34.5 Å². The van der Waals surface area contributed by atoms with E-state index in [-0.39, 0.29) is 9.37 Å². The molecule has 0 amide bonds. The maximum atomic E-state index is 12.9. The molecule has 3 aromatic rings. The van der Waals surface area contributed by atoms with E-state index in [9.17, 15) is 8.42 Å². The highest BCUT2D eigenvalue weighted by molar-refractivity contribution is 7.93. The number of aryl methyl sites for hydroxylation is 2. The zero-order chi connectivity index (χ0) is 17.5. The number of hydrogen-bond donors (Lipinski definition) is 0. The zero-order valence-electron chi connectivity index (χ0n) is 12.9. The van der Waals surface area contributed by atoms with Crippen molar-refractivity contribution in [2.24, 2.45) is 0 Å². The maximum absolute atomic E-state index is 12.9. The number of thiazole rings is 1. The predicted molar refractivity (Wildman–Crippen MR) is 95.9 cm³/mol. The first-order valence-corrected chi connectivity index (χ1v) is 10.3. The minimum absolute atomic E-state index is 0.0195. The second kappa shape index (κ2) is 6.55. The van der Waals surface area contributed by atoms with Crippen LogP contribution in [0.3, 0.4) is 0 Å². The molecule has 0 bridgehead atoms. The summed E-state index contributed by atoms with van der Waals surface area (Å²) in [5.74, 6) is 0. The van der Waals surface area contributed by atoms with Gasteiger partial charge in [0.1, 0.15) is 0 Å². The molecule has 0 aliphatic heterocycles. The third kappa shape index (κ3) is 3.13. The fourth-order valence-electron chi connectivity index (χ4n) is 2.23. The second-order valence-electron chi connectivity index (χ2n) is 5.24. The van der Waals surface area contributed by atoms with Crippen molar-refractivity contribution in [3.05, 3.63) is 38.9 Å². The summed E-state index contributed by atoms with van der Waals surface area (Å²) in [6, 6.07) is 3.11. The van der Waals surface area contributed by atoms with Crippen LogP contribution in [0.5, 0.6) is 0 Å². The van der Waals surface area contributed by atoms with Gasteiger partial charge in [0.2, 0.25) is 4.34 Å². The molecular formula is C15H13Cl2N3O2S2. The molecule has 0 aliphatic carbocycles. The molecule has 0 N–H and O–H groups in total. The van der Waals surface area contributed by atoms with Gasteiger partial charge >= 0.3 is 0 Å². The fourth-order valence-corrected chi connectivity index (χ4v) is 5.06. The lowest BCUT2D eigenvalue weighted by Gasteiger charge is -2.09. The Balaban J connectivity index is 2.29. The monoisotopic (exact) mass is 401 g/mol. The average Bonchev–Trinajstić information content (AvgIpc) is 2.96. The van der Waals surface area contributed by atoms with Gasteiger partial charge in [-0.05, 0) is 25.5 Å². The summed E-state index contributed by atoms with van der Waals surface area (Å²) >= 11 is 13.1. The highest BCUT2D eigenvalue weighted by atomic mass is 35.5. The molecule has 0 atom stereocenters. The highest BCUT2D eigenvalue weighted by Crippen LogP contribution is 2.30. The summed E-state index contributed by atoms with van der Waals surface area (Å²) in [4.78, 5) is 12.9. The van der Waals surface area contributed by atoms with Crippen LogP contribution in [0.15, 0.2) is 26.9 Å². The van der Waals surface area contributed by atoms with Gasteiger partial charge < -0.3 is 0 Å². The van der Waals surface area contributed by atoms with Crippen LogP contribution in [0.2, 0.25) is 10.0 Å². The van der Waals surface area contributed by atoms with Gasteiger partial charge in [-0.2, -0.15) is 0 Å². The lowest BCUT2D eigenvalue weighted by molar-refractivity contribution is 0.588. The molecule has 24 heavy (non-hydrogen) atoms. The molecule has 0 fully saturated rings. The van der Waals surface area contributed by atoms with Crippen molar-refractivity contribution in [1.82, 2.24) is 15.0 Å². The minimum Gasteiger partial charge on any atom is -0.248 e. The van der Waals surface area contributed by atoms with Gasteiger partial charge in [-0.1, -0.05) is 36.5 Å². The van der Waals surface area contributed by atoms with E-state index in [1.165, 1.54) is 6.07 Å². The topological polar surface area (TPSA) is 72.8 Å². The van der Waals surface area contributed by atoms with Crippen LogP contribution in [0.25, 0.3) is 11.0 Å². The van der Waals surface area contributed by atoms with E-state index in [0.717, 1.165) is 17.8 Å². The van der Waals surface area contributed by atoms with Crippen molar-refractivity contribution >= 4 is 55.4 Å². The Kier molecular flexibility index (Phi) is 4.79. The van der Waals surface area contributed by atoms with E-state index in [2.05, 4.69) is 15.0 Å². The summed E-state index contributed by atoms with van der Waals surface area (Å²) in [5.41, 5.74) is 1.97. The molecule has 2 heterocycles. The first-order chi connectivity index (χ1) is 11.3. The number of fused-ring (bicyclic) bond motifs is 1. The van der Waals surface area contributed by atoms with E-state index >= 15 is 0 Å². The number of benzene rings is 1. The molecule has 0 saturated carbocycles. The van der Waals surface area contributed by atoms with Crippen LogP contribution in [0, 0.1) is 6.92 Å². The molecule has 5 nitrogen and oxygen atoms in total. The number of aromatic nitrogens is 3. The molecule has 0 aliphatic rings. The van der Waals surface area contributed by atoms with Crippen LogP contribution in [0.1, 0.15) is 24.7 Å². The fraction of sp³-hybridized carbons (Fsp3) is 0.267. The molecule has 3 rings (SSSR count). The molecule has 0 radical (unpaired) electrons. The van der Waals surface area contributed by atoms with Crippen molar-refractivity contribution in [1.29, 1.82) is 0 Å². The third-order valence-electron chi connectivity index (χ3n) is 3.31. The normalized spacial score (nSPS) is 12.0. The Morgan fingerprint density at radius 2 is 1.71 bits per heavy atom. The molecule has 0 unspecified atom stereocenters. The number of nitrogens with zero attached hydrogens (tertiary/aromatic N) is 3. The van der Waals surface area contributed by atoms with Gasteiger partial charge in [0.15, 0.2) is 5.03 Å². The number of rotatable bonds is 4. The number of hydrogen-bond acceptors (Lipinski definition) is 6. The Morgan fingerprint density at radius 1 is 1.08 bits per heavy atom. The van der Waals surface area contributed by atoms with E-state index in [1.54, 1.807) is 18.4 Å². The molecule has 0 spiro atoms. The van der Waals surface area contributed by atoms with Gasteiger partial charge in [0.25, 0.3) is 9.84 Å². The summed E-state index contributed by atoms with van der Waals surface area (Å²) in [6.07, 6.45) is 1.23. The molecule has 0 saturated heterocycles. The maximum Gasteiger partial charge on any atom is 0.252 e. The van der Waals surface area contributed by atoms with Crippen molar-refractivity contribution in [3.63, 3.8) is 0 Å². The van der Waals surface area contributed by atoms with Crippen molar-refractivity contribution in [2.75, 3.05) is 0 Å². The summed E-state index contributed by atoms with van der Waals surface area (Å²) < 4.78 is 25.9. The third-order valence-corrected chi connectivity index (χ3v) is 7.12. The number of halogens is 2. The first-order valence-electron chi connectivity index (χ1n) is 7.16. The van der Waals surface area contributed by atoms with Gasteiger partial charge in [-0.25, -0.2) is 23.4 Å². The first kappa shape index (κ1) is 17.5. The zero-order valence-corrected chi connectivity index (χ0v) is 16.0. The van der Waals surface area contributed by atoms with Crippen LogP contribution in [0.4, 0.5) is 0 Å². The van der Waals surface area contributed by atoms with Gasteiger partial charge in [-0.15, -0.1) is 11.3 Å². The summed E-state index contributed by atoms with van der Waals surface area (Å²) in [6.45, 7) is 3.70. The Bertz CT molecular complexity index is 1030. The highest BCUT2D eigenvalue weighted by Gasteiger charge is 2.27. The van der Waals surface area contributed by atoms with E-state index in [0.29, 0.717) is 38.9 Å². The smallest absolute Gasteiger partial charge is 0.248 e. The average molecular weight is 402 g/mol. The molecular weight excluding hydrogens is 389 g/mol. The van der Waals surface area contributed by atoms with Crippen molar-refractivity contribution < 1.29 is 8.42 Å². The summed E-state index contributed by atoms with van der Waals surface area (Å²) in [5, 5.41) is 2.28. The van der Waals surface area contributed by atoms with Gasteiger partial charge in [-0.3, -0.25) is 0 Å². The largest absolute Gasteiger partial charge is 0.252 e. The predicted octanol–water partition coefficient (Wildman–Crippen LogP) is 4.49. The minimum atomic E-state index is -3.83. The second-order valence-corrected chi connectivity index (χ2v) is 8.95. The van der Waals surface area contributed by atoms with Crippen molar-refractivity contribution in [3.8, 4) is 0 Å². The van der Waals surface area contributed by atoms with E-state index in [4.69, 9.17) is 23.2 Å². The van der Waals surface area contributed by atoms with Gasteiger partial charge in [0, 0.05) is 11.1 Å². The van der Waals surface area contributed by atoms with Crippen LogP contribution < -0.4 is 0 Å². The van der Waals surface area contributed by atoms with Crippen molar-refractivity contribution in [2.45, 2.75) is 36.1 Å². The molecule has 1 aromatic carbocycles. The Hall–Kier alpha value is -1.28. The Morgan fingerprint density at radius 3 is 2.25 bits per heavy atom. The van der Waals surface area contributed by atoms with E-state index in [1.807, 2.05) is 6.92 Å². The van der Waals surface area contributed by atoms with Crippen LogP contribution in [-0.2, 0) is 16.3 Å². The standard InChI is InChI=1S/C15H13Cl2N3O2S2/c1-3-4-11-14(24(21,22)15-18-8(2)7-23-15)20-13-6-10(17)9(16)5-12(13)19-11/h5-7H,3-4H2,1-2H3. The molecule has 126 valence electrons.